The van der Waals surface area contributed by atoms with Crippen molar-refractivity contribution in [3.8, 4) is 5.75 Å². The van der Waals surface area contributed by atoms with E-state index < -0.39 is 0 Å². The molecule has 0 unspecified atom stereocenters. The average molecular weight is 334 g/mol. The molecule has 24 heavy (non-hydrogen) atoms. The molecule has 1 aromatic carbocycles. The molecule has 0 spiro atoms. The second kappa shape index (κ2) is 8.57. The number of aliphatic imine (C=N–C) groups is 1. The SMILES string of the molecule is CCNC(=NCc1cc(C)c(O)c(C)c1)NCC(=O)NC(C)(C)C. The van der Waals surface area contributed by atoms with E-state index in [-0.39, 0.29) is 18.0 Å². The Bertz CT molecular complexity index is 581. The van der Waals surface area contributed by atoms with Crippen LogP contribution >= 0.6 is 0 Å². The summed E-state index contributed by atoms with van der Waals surface area (Å²) in [5.41, 5.74) is 2.43. The number of carbonyl (C=O) groups excluding carboxylic acids is 1. The van der Waals surface area contributed by atoms with Gasteiger partial charge in [-0.25, -0.2) is 4.99 Å². The van der Waals surface area contributed by atoms with Crippen LogP contribution in [0.2, 0.25) is 0 Å². The summed E-state index contributed by atoms with van der Waals surface area (Å²) in [6.45, 7) is 12.9. The van der Waals surface area contributed by atoms with Gasteiger partial charge in [0.15, 0.2) is 5.96 Å². The minimum atomic E-state index is -0.255. The van der Waals surface area contributed by atoms with E-state index in [1.807, 2.05) is 53.7 Å². The van der Waals surface area contributed by atoms with Crippen molar-refractivity contribution in [3.05, 3.63) is 28.8 Å². The number of aromatic hydroxyl groups is 1. The number of nitrogens with one attached hydrogen (secondary N) is 3. The van der Waals surface area contributed by atoms with Gasteiger partial charge in [0.25, 0.3) is 0 Å². The zero-order chi connectivity index (χ0) is 18.3. The van der Waals surface area contributed by atoms with Crippen LogP contribution in [0, 0.1) is 13.8 Å². The maximum absolute atomic E-state index is 11.9. The summed E-state index contributed by atoms with van der Waals surface area (Å²) >= 11 is 0. The lowest BCUT2D eigenvalue weighted by atomic mass is 10.1. The van der Waals surface area contributed by atoms with Gasteiger partial charge in [-0.3, -0.25) is 4.79 Å². The van der Waals surface area contributed by atoms with E-state index in [0.717, 1.165) is 16.7 Å². The van der Waals surface area contributed by atoms with E-state index in [1.165, 1.54) is 0 Å². The van der Waals surface area contributed by atoms with Crippen molar-refractivity contribution in [1.82, 2.24) is 16.0 Å². The second-order valence-corrected chi connectivity index (χ2v) is 6.93. The first-order valence-corrected chi connectivity index (χ1v) is 8.24. The van der Waals surface area contributed by atoms with Gasteiger partial charge in [0.2, 0.25) is 5.91 Å². The summed E-state index contributed by atoms with van der Waals surface area (Å²) in [6, 6.07) is 3.84. The summed E-state index contributed by atoms with van der Waals surface area (Å²) in [7, 11) is 0. The standard InChI is InChI=1S/C18H30N4O2/c1-7-19-17(21-11-15(23)22-18(4,5)6)20-10-14-8-12(2)16(24)13(3)9-14/h8-9,24H,7,10-11H2,1-6H3,(H,22,23)(H2,19,20,21). The Hall–Kier alpha value is -2.24. The number of phenols is 1. The zero-order valence-electron chi connectivity index (χ0n) is 15.6. The van der Waals surface area contributed by atoms with Crippen molar-refractivity contribution in [2.24, 2.45) is 4.99 Å². The van der Waals surface area contributed by atoms with E-state index in [0.29, 0.717) is 24.8 Å². The van der Waals surface area contributed by atoms with Crippen LogP contribution in [0.25, 0.3) is 0 Å². The molecule has 0 aliphatic heterocycles. The number of phenolic OH excluding ortho intramolecular Hbond substituents is 1. The molecular formula is C18H30N4O2. The Morgan fingerprint density at radius 3 is 2.25 bits per heavy atom. The van der Waals surface area contributed by atoms with E-state index in [9.17, 15) is 9.90 Å². The average Bonchev–Trinajstić information content (AvgIpc) is 2.45. The highest BCUT2D eigenvalue weighted by atomic mass is 16.3. The van der Waals surface area contributed by atoms with Crippen molar-refractivity contribution in [3.63, 3.8) is 0 Å². The van der Waals surface area contributed by atoms with Gasteiger partial charge in [0.05, 0.1) is 13.1 Å². The highest BCUT2D eigenvalue weighted by Gasteiger charge is 2.13. The number of hydrogen-bond acceptors (Lipinski definition) is 3. The Morgan fingerprint density at radius 1 is 1.17 bits per heavy atom. The highest BCUT2D eigenvalue weighted by molar-refractivity contribution is 5.86. The van der Waals surface area contributed by atoms with E-state index in [1.54, 1.807) is 0 Å². The quantitative estimate of drug-likeness (QED) is 0.490. The first kappa shape index (κ1) is 19.8. The highest BCUT2D eigenvalue weighted by Crippen LogP contribution is 2.23. The molecule has 1 aromatic rings. The van der Waals surface area contributed by atoms with Gasteiger partial charge >= 0.3 is 0 Å². The summed E-state index contributed by atoms with van der Waals surface area (Å²) < 4.78 is 0. The van der Waals surface area contributed by atoms with Gasteiger partial charge < -0.3 is 21.1 Å². The number of carbonyl (C=O) groups is 1. The van der Waals surface area contributed by atoms with Crippen molar-refractivity contribution in [2.45, 2.75) is 53.6 Å². The fourth-order valence-electron chi connectivity index (χ4n) is 2.28. The third-order valence-electron chi connectivity index (χ3n) is 3.25. The number of guanidine groups is 1. The van der Waals surface area contributed by atoms with Crippen LogP contribution < -0.4 is 16.0 Å². The van der Waals surface area contributed by atoms with Crippen molar-refractivity contribution in [2.75, 3.05) is 13.1 Å². The number of hydrogen-bond donors (Lipinski definition) is 4. The third kappa shape index (κ3) is 6.89. The number of aryl methyl sites for hydroxylation is 2. The summed E-state index contributed by atoms with van der Waals surface area (Å²) in [6.07, 6.45) is 0. The molecule has 0 saturated carbocycles. The lowest BCUT2D eigenvalue weighted by Gasteiger charge is -2.21. The third-order valence-corrected chi connectivity index (χ3v) is 3.25. The minimum absolute atomic E-state index is 0.0792. The Morgan fingerprint density at radius 2 is 1.75 bits per heavy atom. The number of benzene rings is 1. The van der Waals surface area contributed by atoms with Crippen molar-refractivity contribution in [1.29, 1.82) is 0 Å². The second-order valence-electron chi connectivity index (χ2n) is 6.93. The molecule has 0 aliphatic carbocycles. The van der Waals surface area contributed by atoms with Crippen LogP contribution in [0.5, 0.6) is 5.75 Å². The van der Waals surface area contributed by atoms with Crippen LogP contribution in [0.1, 0.15) is 44.4 Å². The molecule has 4 N–H and O–H groups in total. The molecule has 0 atom stereocenters. The molecule has 0 bridgehead atoms. The molecule has 0 fully saturated rings. The Balaban J connectivity index is 2.70. The first-order chi connectivity index (χ1) is 11.1. The largest absolute Gasteiger partial charge is 0.507 e. The lowest BCUT2D eigenvalue weighted by Crippen LogP contribution is -2.48. The van der Waals surface area contributed by atoms with Crippen LogP contribution in [-0.2, 0) is 11.3 Å². The Kier molecular flexibility index (Phi) is 7.07. The summed E-state index contributed by atoms with van der Waals surface area (Å²) in [5.74, 6) is 0.834. The van der Waals surface area contributed by atoms with Gasteiger partial charge in [-0.15, -0.1) is 0 Å². The molecule has 1 amide bonds. The van der Waals surface area contributed by atoms with Gasteiger partial charge in [-0.2, -0.15) is 0 Å². The van der Waals surface area contributed by atoms with Gasteiger partial charge in [-0.05, 0) is 58.2 Å². The van der Waals surface area contributed by atoms with Crippen molar-refractivity contribution < 1.29 is 9.90 Å². The number of nitrogens with zero attached hydrogens (tertiary/aromatic N) is 1. The molecule has 6 nitrogen and oxygen atoms in total. The summed E-state index contributed by atoms with van der Waals surface area (Å²) in [5, 5.41) is 18.9. The molecule has 0 heterocycles. The van der Waals surface area contributed by atoms with E-state index >= 15 is 0 Å². The van der Waals surface area contributed by atoms with Crippen molar-refractivity contribution >= 4 is 11.9 Å². The monoisotopic (exact) mass is 334 g/mol. The fourth-order valence-corrected chi connectivity index (χ4v) is 2.28. The molecule has 0 saturated heterocycles. The molecule has 6 heteroatoms. The van der Waals surface area contributed by atoms with E-state index in [4.69, 9.17) is 0 Å². The number of rotatable bonds is 5. The molecule has 0 radical (unpaired) electrons. The predicted octanol–water partition coefficient (Wildman–Crippen LogP) is 1.98. The van der Waals surface area contributed by atoms with Gasteiger partial charge in [0.1, 0.15) is 5.75 Å². The maximum Gasteiger partial charge on any atom is 0.239 e. The van der Waals surface area contributed by atoms with Crippen LogP contribution in [0.4, 0.5) is 0 Å². The lowest BCUT2D eigenvalue weighted by molar-refractivity contribution is -0.121. The first-order valence-electron chi connectivity index (χ1n) is 8.24. The smallest absolute Gasteiger partial charge is 0.239 e. The van der Waals surface area contributed by atoms with Crippen LogP contribution in [-0.4, -0.2) is 35.6 Å². The topological polar surface area (TPSA) is 85.8 Å². The molecular weight excluding hydrogens is 304 g/mol. The summed E-state index contributed by atoms with van der Waals surface area (Å²) in [4.78, 5) is 16.4. The number of amides is 1. The van der Waals surface area contributed by atoms with Crippen LogP contribution in [0.3, 0.4) is 0 Å². The predicted molar refractivity (Wildman–Crippen MR) is 98.3 cm³/mol. The molecule has 1 rings (SSSR count). The normalized spacial score (nSPS) is 12.0. The molecule has 0 aliphatic rings. The zero-order valence-corrected chi connectivity index (χ0v) is 15.6. The van der Waals surface area contributed by atoms with Gasteiger partial charge in [-0.1, -0.05) is 12.1 Å². The van der Waals surface area contributed by atoms with E-state index in [2.05, 4.69) is 20.9 Å². The molecule has 0 aromatic heterocycles. The van der Waals surface area contributed by atoms with Gasteiger partial charge in [0, 0.05) is 12.1 Å². The maximum atomic E-state index is 11.9. The fraction of sp³-hybridized carbons (Fsp3) is 0.556. The van der Waals surface area contributed by atoms with Crippen LogP contribution in [0.15, 0.2) is 17.1 Å². The Labute approximate surface area is 144 Å². The molecule has 134 valence electrons. The minimum Gasteiger partial charge on any atom is -0.507 e.